The van der Waals surface area contributed by atoms with Crippen molar-refractivity contribution in [1.82, 2.24) is 4.72 Å². The van der Waals surface area contributed by atoms with Gasteiger partial charge in [0.15, 0.2) is 0 Å². The second-order valence-electron chi connectivity index (χ2n) is 5.80. The number of hydrogen-bond acceptors (Lipinski definition) is 3. The molecule has 6 heteroatoms. The molecule has 0 fully saturated rings. The van der Waals surface area contributed by atoms with Crippen molar-refractivity contribution < 1.29 is 13.2 Å². The summed E-state index contributed by atoms with van der Waals surface area (Å²) in [6.45, 7) is 5.02. The van der Waals surface area contributed by atoms with Crippen LogP contribution < -0.4 is 10.0 Å². The summed E-state index contributed by atoms with van der Waals surface area (Å²) in [4.78, 5) is 11.1. The van der Waals surface area contributed by atoms with Crippen LogP contribution >= 0.6 is 0 Å². The minimum absolute atomic E-state index is 0.149. The highest BCUT2D eigenvalue weighted by molar-refractivity contribution is 7.89. The molecule has 5 nitrogen and oxygen atoms in total. The summed E-state index contributed by atoms with van der Waals surface area (Å²) in [5, 5.41) is 2.60. The van der Waals surface area contributed by atoms with Crippen LogP contribution in [0.25, 0.3) is 0 Å². The van der Waals surface area contributed by atoms with E-state index < -0.39 is 15.6 Å². The lowest BCUT2D eigenvalue weighted by Crippen LogP contribution is -2.40. The van der Waals surface area contributed by atoms with E-state index in [1.807, 2.05) is 44.2 Å². The third kappa shape index (κ3) is 4.40. The number of carbonyl (C=O) groups is 1. The molecule has 23 heavy (non-hydrogen) atoms. The highest BCUT2D eigenvalue weighted by Crippen LogP contribution is 2.23. The molecule has 0 aromatic heterocycles. The molecule has 0 radical (unpaired) electrons. The minimum Gasteiger partial charge on any atom is -0.326 e. The standard InChI is InChI=1S/C17H20N2O3S/c1-13(20)18-15-9-11-16(12-10-15)23(21,22)19-17(2,3)14-7-5-4-6-8-14/h4-12,19H,1-3H3,(H,18,20). The van der Waals surface area contributed by atoms with Gasteiger partial charge in [0.1, 0.15) is 0 Å². The summed E-state index contributed by atoms with van der Waals surface area (Å²) in [5.41, 5.74) is 0.688. The first kappa shape index (κ1) is 17.2. The molecule has 0 bridgehead atoms. The highest BCUT2D eigenvalue weighted by atomic mass is 32.2. The van der Waals surface area contributed by atoms with E-state index in [9.17, 15) is 13.2 Å². The first-order valence-corrected chi connectivity index (χ1v) is 8.66. The Labute approximate surface area is 136 Å². The fraction of sp³-hybridized carbons (Fsp3) is 0.235. The maximum Gasteiger partial charge on any atom is 0.241 e. The van der Waals surface area contributed by atoms with Crippen LogP contribution in [0, 0.1) is 0 Å². The minimum atomic E-state index is -3.67. The molecule has 122 valence electrons. The molecule has 0 aliphatic rings. The lowest BCUT2D eigenvalue weighted by atomic mass is 9.96. The van der Waals surface area contributed by atoms with Crippen molar-refractivity contribution in [3.8, 4) is 0 Å². The molecule has 0 aliphatic heterocycles. The number of sulfonamides is 1. The van der Waals surface area contributed by atoms with E-state index in [-0.39, 0.29) is 10.8 Å². The zero-order valence-corrected chi connectivity index (χ0v) is 14.1. The molecule has 2 aromatic rings. The van der Waals surface area contributed by atoms with Crippen LogP contribution in [-0.2, 0) is 20.4 Å². The molecule has 0 spiro atoms. The molecule has 2 N–H and O–H groups in total. The Balaban J connectivity index is 2.23. The van der Waals surface area contributed by atoms with E-state index in [4.69, 9.17) is 0 Å². The average molecular weight is 332 g/mol. The molecule has 0 saturated carbocycles. The van der Waals surface area contributed by atoms with Gasteiger partial charge in [-0.2, -0.15) is 0 Å². The van der Waals surface area contributed by atoms with Crippen LogP contribution in [-0.4, -0.2) is 14.3 Å². The molecule has 0 unspecified atom stereocenters. The molecule has 1 amide bonds. The third-order valence-corrected chi connectivity index (χ3v) is 5.04. The normalized spacial score (nSPS) is 12.0. The zero-order valence-electron chi connectivity index (χ0n) is 13.3. The van der Waals surface area contributed by atoms with Crippen LogP contribution in [0.3, 0.4) is 0 Å². The second kappa shape index (κ2) is 6.52. The molecule has 0 atom stereocenters. The number of amides is 1. The molecule has 0 heterocycles. The van der Waals surface area contributed by atoms with Crippen molar-refractivity contribution in [2.24, 2.45) is 0 Å². The fourth-order valence-electron chi connectivity index (χ4n) is 2.23. The molecule has 2 aromatic carbocycles. The van der Waals surface area contributed by atoms with Gasteiger partial charge in [-0.05, 0) is 43.7 Å². The predicted octanol–water partition coefficient (Wildman–Crippen LogP) is 2.86. The molecular formula is C17H20N2O3S. The van der Waals surface area contributed by atoms with E-state index in [1.165, 1.54) is 19.1 Å². The maximum absolute atomic E-state index is 12.6. The van der Waals surface area contributed by atoms with Gasteiger partial charge in [0.2, 0.25) is 15.9 Å². The van der Waals surface area contributed by atoms with Gasteiger partial charge in [0.25, 0.3) is 0 Å². The zero-order chi connectivity index (χ0) is 17.1. The summed E-state index contributed by atoms with van der Waals surface area (Å²) in [5.74, 6) is -0.205. The lowest BCUT2D eigenvalue weighted by Gasteiger charge is -2.26. The summed E-state index contributed by atoms with van der Waals surface area (Å²) in [7, 11) is -3.67. The third-order valence-electron chi connectivity index (χ3n) is 3.37. The number of carbonyl (C=O) groups excluding carboxylic acids is 1. The highest BCUT2D eigenvalue weighted by Gasteiger charge is 2.27. The van der Waals surface area contributed by atoms with E-state index in [0.29, 0.717) is 5.69 Å². The molecule has 2 rings (SSSR count). The van der Waals surface area contributed by atoms with E-state index in [0.717, 1.165) is 5.56 Å². The lowest BCUT2D eigenvalue weighted by molar-refractivity contribution is -0.114. The van der Waals surface area contributed by atoms with Crippen LogP contribution in [0.4, 0.5) is 5.69 Å². The van der Waals surface area contributed by atoms with Crippen LogP contribution in [0.2, 0.25) is 0 Å². The molecular weight excluding hydrogens is 312 g/mol. The number of anilines is 1. The van der Waals surface area contributed by atoms with Gasteiger partial charge in [-0.15, -0.1) is 0 Å². The largest absolute Gasteiger partial charge is 0.326 e. The van der Waals surface area contributed by atoms with E-state index in [1.54, 1.807) is 12.1 Å². The van der Waals surface area contributed by atoms with E-state index in [2.05, 4.69) is 10.0 Å². The van der Waals surface area contributed by atoms with Gasteiger partial charge in [0, 0.05) is 12.6 Å². The van der Waals surface area contributed by atoms with Gasteiger partial charge >= 0.3 is 0 Å². The summed E-state index contributed by atoms with van der Waals surface area (Å²) in [6.07, 6.45) is 0. The van der Waals surface area contributed by atoms with Crippen LogP contribution in [0.1, 0.15) is 26.3 Å². The second-order valence-corrected chi connectivity index (χ2v) is 7.48. The van der Waals surface area contributed by atoms with Crippen molar-refractivity contribution >= 4 is 21.6 Å². The number of nitrogens with one attached hydrogen (secondary N) is 2. The summed E-state index contributed by atoms with van der Waals surface area (Å²) in [6, 6.07) is 15.4. The monoisotopic (exact) mass is 332 g/mol. The predicted molar refractivity (Wildman–Crippen MR) is 90.5 cm³/mol. The van der Waals surface area contributed by atoms with Crippen LogP contribution in [0.5, 0.6) is 0 Å². The van der Waals surface area contributed by atoms with E-state index >= 15 is 0 Å². The SMILES string of the molecule is CC(=O)Nc1ccc(S(=O)(=O)NC(C)(C)c2ccccc2)cc1. The number of hydrogen-bond donors (Lipinski definition) is 2. The fourth-order valence-corrected chi connectivity index (χ4v) is 3.63. The van der Waals surface area contributed by atoms with Gasteiger partial charge in [-0.1, -0.05) is 30.3 Å². The van der Waals surface area contributed by atoms with Crippen molar-refractivity contribution in [1.29, 1.82) is 0 Å². The molecule has 0 saturated heterocycles. The van der Waals surface area contributed by atoms with Crippen molar-refractivity contribution in [3.63, 3.8) is 0 Å². The van der Waals surface area contributed by atoms with Gasteiger partial charge < -0.3 is 5.32 Å². The topological polar surface area (TPSA) is 75.3 Å². The van der Waals surface area contributed by atoms with Gasteiger partial charge in [0.05, 0.1) is 10.4 Å². The average Bonchev–Trinajstić information content (AvgIpc) is 2.47. The van der Waals surface area contributed by atoms with Crippen molar-refractivity contribution in [3.05, 3.63) is 60.2 Å². The van der Waals surface area contributed by atoms with Crippen LogP contribution in [0.15, 0.2) is 59.5 Å². The van der Waals surface area contributed by atoms with Crippen molar-refractivity contribution in [2.75, 3.05) is 5.32 Å². The quantitative estimate of drug-likeness (QED) is 0.884. The Morgan fingerprint density at radius 1 is 0.957 bits per heavy atom. The Kier molecular flexibility index (Phi) is 4.87. The number of rotatable bonds is 5. The Morgan fingerprint density at radius 3 is 2.04 bits per heavy atom. The van der Waals surface area contributed by atoms with Crippen molar-refractivity contribution in [2.45, 2.75) is 31.2 Å². The van der Waals surface area contributed by atoms with Gasteiger partial charge in [-0.25, -0.2) is 13.1 Å². The Hall–Kier alpha value is -2.18. The van der Waals surface area contributed by atoms with Gasteiger partial charge in [-0.3, -0.25) is 4.79 Å². The smallest absolute Gasteiger partial charge is 0.241 e. The Bertz CT molecular complexity index is 782. The Morgan fingerprint density at radius 2 is 1.52 bits per heavy atom. The maximum atomic E-state index is 12.6. The summed E-state index contributed by atoms with van der Waals surface area (Å²) < 4.78 is 27.8. The number of benzene rings is 2. The molecule has 0 aliphatic carbocycles. The first-order chi connectivity index (χ1) is 10.7. The summed E-state index contributed by atoms with van der Waals surface area (Å²) >= 11 is 0. The first-order valence-electron chi connectivity index (χ1n) is 7.18.